The lowest BCUT2D eigenvalue weighted by Crippen LogP contribution is -2.09. The third-order valence-electron chi connectivity index (χ3n) is 2.28. The minimum atomic E-state index is -4.56. The Hall–Kier alpha value is -2.58. The molecule has 1 aromatic heterocycles. The van der Waals surface area contributed by atoms with E-state index in [1.165, 1.54) is 12.1 Å². The summed E-state index contributed by atoms with van der Waals surface area (Å²) in [7, 11) is 0. The number of rotatable bonds is 4. The van der Waals surface area contributed by atoms with Crippen molar-refractivity contribution >= 4 is 5.95 Å². The highest BCUT2D eigenvalue weighted by Crippen LogP contribution is 2.37. The molecule has 0 fully saturated rings. The zero-order valence-corrected chi connectivity index (χ0v) is 10.9. The van der Waals surface area contributed by atoms with Crippen molar-refractivity contribution in [2.45, 2.75) is 13.1 Å². The Morgan fingerprint density at radius 1 is 1.10 bits per heavy atom. The van der Waals surface area contributed by atoms with Crippen LogP contribution in [0.1, 0.15) is 12.5 Å². The van der Waals surface area contributed by atoms with Gasteiger partial charge in [-0.25, -0.2) is 0 Å². The summed E-state index contributed by atoms with van der Waals surface area (Å²) in [6, 6.07) is 4.21. The number of hydrogen-bond donors (Lipinski definition) is 1. The number of nitrogens with zero attached hydrogens (tertiary/aromatic N) is 3. The van der Waals surface area contributed by atoms with E-state index in [0.29, 0.717) is 0 Å². The number of nitrogens with two attached hydrogens (primary N) is 1. The number of para-hydroxylation sites is 1. The molecular formula is C12H11F3N4O2. The number of halogens is 3. The maximum absolute atomic E-state index is 12.8. The molecule has 2 aromatic rings. The Morgan fingerprint density at radius 3 is 2.43 bits per heavy atom. The normalized spacial score (nSPS) is 11.2. The van der Waals surface area contributed by atoms with Crippen LogP contribution in [-0.2, 0) is 6.18 Å². The lowest BCUT2D eigenvalue weighted by Gasteiger charge is -2.12. The summed E-state index contributed by atoms with van der Waals surface area (Å²) in [5.74, 6) is -0.647. The van der Waals surface area contributed by atoms with E-state index in [-0.39, 0.29) is 24.6 Å². The highest BCUT2D eigenvalue weighted by molar-refractivity contribution is 5.37. The van der Waals surface area contributed by atoms with Crippen LogP contribution in [0.4, 0.5) is 19.1 Å². The van der Waals surface area contributed by atoms with Crippen LogP contribution in [-0.4, -0.2) is 21.6 Å². The van der Waals surface area contributed by atoms with Crippen LogP contribution in [0.3, 0.4) is 0 Å². The molecule has 2 N–H and O–H groups in total. The molecule has 0 aliphatic rings. The molecule has 112 valence electrons. The number of benzene rings is 1. The van der Waals surface area contributed by atoms with Gasteiger partial charge in [-0.1, -0.05) is 12.1 Å². The molecule has 0 amide bonds. The van der Waals surface area contributed by atoms with Gasteiger partial charge in [0.05, 0.1) is 12.2 Å². The van der Waals surface area contributed by atoms with Crippen molar-refractivity contribution < 1.29 is 22.6 Å². The first-order chi connectivity index (χ1) is 9.90. The van der Waals surface area contributed by atoms with Crippen LogP contribution in [0.5, 0.6) is 17.8 Å². The zero-order valence-electron chi connectivity index (χ0n) is 10.9. The van der Waals surface area contributed by atoms with Crippen molar-refractivity contribution in [3.8, 4) is 17.8 Å². The van der Waals surface area contributed by atoms with Gasteiger partial charge in [0, 0.05) is 0 Å². The molecule has 0 bridgehead atoms. The van der Waals surface area contributed by atoms with Crippen LogP contribution in [0.2, 0.25) is 0 Å². The lowest BCUT2D eigenvalue weighted by atomic mass is 10.2. The zero-order chi connectivity index (χ0) is 15.5. The van der Waals surface area contributed by atoms with Crippen molar-refractivity contribution in [2.75, 3.05) is 12.3 Å². The van der Waals surface area contributed by atoms with E-state index in [2.05, 4.69) is 15.0 Å². The van der Waals surface area contributed by atoms with Gasteiger partial charge in [0.1, 0.15) is 5.75 Å². The van der Waals surface area contributed by atoms with E-state index < -0.39 is 17.5 Å². The molecule has 0 aliphatic carbocycles. The Bertz CT molecular complexity index is 634. The van der Waals surface area contributed by atoms with E-state index in [4.69, 9.17) is 15.2 Å². The minimum Gasteiger partial charge on any atom is -0.464 e. The van der Waals surface area contributed by atoms with Gasteiger partial charge in [0.25, 0.3) is 0 Å². The average Bonchev–Trinajstić information content (AvgIpc) is 2.37. The number of nitrogen functional groups attached to an aromatic ring is 1. The largest absolute Gasteiger partial charge is 0.464 e. The third-order valence-corrected chi connectivity index (χ3v) is 2.28. The number of ether oxygens (including phenoxy) is 2. The Balaban J connectivity index is 2.35. The standard InChI is InChI=1S/C12H11F3N4O2/c1-2-20-10-17-9(16)18-11(19-10)21-8-6-4-3-5-7(8)12(13,14)15/h3-6H,2H2,1H3,(H2,16,17,18,19). The Kier molecular flexibility index (Phi) is 4.10. The van der Waals surface area contributed by atoms with Crippen molar-refractivity contribution in [1.29, 1.82) is 0 Å². The summed E-state index contributed by atoms with van der Waals surface area (Å²) >= 11 is 0. The molecule has 21 heavy (non-hydrogen) atoms. The molecule has 0 unspecified atom stereocenters. The number of alkyl halides is 3. The van der Waals surface area contributed by atoms with Crippen LogP contribution in [0.25, 0.3) is 0 Å². The van der Waals surface area contributed by atoms with Gasteiger partial charge in [-0.05, 0) is 19.1 Å². The SMILES string of the molecule is CCOc1nc(N)nc(Oc2ccccc2C(F)(F)F)n1. The van der Waals surface area contributed by atoms with E-state index >= 15 is 0 Å². The van der Waals surface area contributed by atoms with Gasteiger partial charge >= 0.3 is 18.2 Å². The number of aromatic nitrogens is 3. The lowest BCUT2D eigenvalue weighted by molar-refractivity contribution is -0.138. The first-order valence-corrected chi connectivity index (χ1v) is 5.88. The van der Waals surface area contributed by atoms with Crippen molar-refractivity contribution in [2.24, 2.45) is 0 Å². The summed E-state index contributed by atoms with van der Waals surface area (Å²) in [5, 5.41) is 0. The monoisotopic (exact) mass is 300 g/mol. The first kappa shape index (κ1) is 14.8. The minimum absolute atomic E-state index is 0.121. The predicted molar refractivity (Wildman–Crippen MR) is 66.9 cm³/mol. The number of hydrogen-bond acceptors (Lipinski definition) is 6. The van der Waals surface area contributed by atoms with E-state index in [0.717, 1.165) is 12.1 Å². The maximum atomic E-state index is 12.8. The molecule has 0 saturated carbocycles. The Morgan fingerprint density at radius 2 is 1.76 bits per heavy atom. The second-order valence-electron chi connectivity index (χ2n) is 3.79. The molecule has 0 saturated heterocycles. The van der Waals surface area contributed by atoms with Gasteiger partial charge < -0.3 is 15.2 Å². The fourth-order valence-corrected chi connectivity index (χ4v) is 1.48. The smallest absolute Gasteiger partial charge is 0.419 e. The molecule has 0 radical (unpaired) electrons. The highest BCUT2D eigenvalue weighted by atomic mass is 19.4. The van der Waals surface area contributed by atoms with E-state index in [1.54, 1.807) is 6.92 Å². The molecular weight excluding hydrogens is 289 g/mol. The Labute approximate surface area is 117 Å². The quantitative estimate of drug-likeness (QED) is 0.934. The van der Waals surface area contributed by atoms with Crippen molar-refractivity contribution in [3.63, 3.8) is 0 Å². The number of anilines is 1. The molecule has 0 aliphatic heterocycles. The van der Waals surface area contributed by atoms with Gasteiger partial charge in [0.15, 0.2) is 0 Å². The van der Waals surface area contributed by atoms with Gasteiger partial charge in [-0.3, -0.25) is 0 Å². The summed E-state index contributed by atoms with van der Waals surface area (Å²) in [4.78, 5) is 11.0. The van der Waals surface area contributed by atoms with Crippen molar-refractivity contribution in [3.05, 3.63) is 29.8 Å². The highest BCUT2D eigenvalue weighted by Gasteiger charge is 2.34. The molecule has 1 heterocycles. The second-order valence-corrected chi connectivity index (χ2v) is 3.79. The van der Waals surface area contributed by atoms with Gasteiger partial charge in [-0.2, -0.15) is 23.1 Å². The maximum Gasteiger partial charge on any atom is 0.419 e. The molecule has 0 spiro atoms. The van der Waals surface area contributed by atoms with Gasteiger partial charge in [-0.15, -0.1) is 4.98 Å². The van der Waals surface area contributed by atoms with Crippen molar-refractivity contribution in [1.82, 2.24) is 15.0 Å². The average molecular weight is 300 g/mol. The van der Waals surface area contributed by atoms with Crippen LogP contribution in [0, 0.1) is 0 Å². The summed E-state index contributed by atoms with van der Waals surface area (Å²) in [6.45, 7) is 1.96. The van der Waals surface area contributed by atoms with E-state index in [9.17, 15) is 13.2 Å². The summed E-state index contributed by atoms with van der Waals surface area (Å²) in [5.41, 5.74) is 4.48. The first-order valence-electron chi connectivity index (χ1n) is 5.88. The summed E-state index contributed by atoms with van der Waals surface area (Å²) in [6.07, 6.45) is -4.56. The summed E-state index contributed by atoms with van der Waals surface area (Å²) < 4.78 is 48.6. The molecule has 1 aromatic carbocycles. The fourth-order valence-electron chi connectivity index (χ4n) is 1.48. The molecule has 0 atom stereocenters. The molecule has 6 nitrogen and oxygen atoms in total. The van der Waals surface area contributed by atoms with Crippen LogP contribution in [0.15, 0.2) is 24.3 Å². The molecule has 9 heteroatoms. The van der Waals surface area contributed by atoms with Crippen LogP contribution < -0.4 is 15.2 Å². The van der Waals surface area contributed by atoms with Crippen LogP contribution >= 0.6 is 0 Å². The molecule has 2 rings (SSSR count). The topological polar surface area (TPSA) is 83.2 Å². The van der Waals surface area contributed by atoms with Gasteiger partial charge in [0.2, 0.25) is 5.95 Å². The predicted octanol–water partition coefficient (Wildman–Crippen LogP) is 2.66. The second kappa shape index (κ2) is 5.81. The third kappa shape index (κ3) is 3.71. The fraction of sp³-hybridized carbons (Fsp3) is 0.250. The van der Waals surface area contributed by atoms with E-state index in [1.807, 2.05) is 0 Å².